The van der Waals surface area contributed by atoms with Gasteiger partial charge in [0.25, 0.3) is 0 Å². The van der Waals surface area contributed by atoms with E-state index in [-0.39, 0.29) is 23.7 Å². The highest BCUT2D eigenvalue weighted by Gasteiger charge is 2.31. The lowest BCUT2D eigenvalue weighted by Crippen LogP contribution is -2.46. The molecule has 0 aliphatic carbocycles. The maximum Gasteiger partial charge on any atom is 0.224 e. The molecule has 1 saturated heterocycles. The Balaban J connectivity index is 2.34. The van der Waals surface area contributed by atoms with Crippen LogP contribution in [-0.4, -0.2) is 56.7 Å². The standard InChI is InChI=1S/C14H28N2O4S/c1-4-21(18,19)16-9-5-7-13(11-16)14(17)15-8-6-10-20-12(2)3/h12-13H,4-11H2,1-3H3,(H,15,17)/t13-/m1/s1. The summed E-state index contributed by atoms with van der Waals surface area (Å²) in [6, 6.07) is 0. The molecule has 0 saturated carbocycles. The Kier molecular flexibility index (Phi) is 7.62. The highest BCUT2D eigenvalue weighted by Crippen LogP contribution is 2.19. The lowest BCUT2D eigenvalue weighted by atomic mass is 9.99. The molecule has 1 fully saturated rings. The monoisotopic (exact) mass is 320 g/mol. The number of nitrogens with zero attached hydrogens (tertiary/aromatic N) is 1. The normalized spacial score (nSPS) is 20.7. The van der Waals surface area contributed by atoms with Crippen molar-refractivity contribution in [3.05, 3.63) is 0 Å². The fourth-order valence-electron chi connectivity index (χ4n) is 2.34. The number of ether oxygens (including phenoxy) is 1. The van der Waals surface area contributed by atoms with Crippen molar-refractivity contribution < 1.29 is 17.9 Å². The highest BCUT2D eigenvalue weighted by molar-refractivity contribution is 7.89. The summed E-state index contributed by atoms with van der Waals surface area (Å²) in [5.41, 5.74) is 0. The molecule has 0 spiro atoms. The van der Waals surface area contributed by atoms with E-state index in [2.05, 4.69) is 5.32 Å². The number of piperidine rings is 1. The van der Waals surface area contributed by atoms with Gasteiger partial charge in [0.05, 0.1) is 17.8 Å². The number of sulfonamides is 1. The molecule has 124 valence electrons. The predicted molar refractivity (Wildman–Crippen MR) is 82.5 cm³/mol. The van der Waals surface area contributed by atoms with Gasteiger partial charge in [0.2, 0.25) is 15.9 Å². The Hall–Kier alpha value is -0.660. The zero-order valence-electron chi connectivity index (χ0n) is 13.3. The van der Waals surface area contributed by atoms with E-state index in [1.807, 2.05) is 13.8 Å². The molecular weight excluding hydrogens is 292 g/mol. The van der Waals surface area contributed by atoms with E-state index < -0.39 is 10.0 Å². The third-order valence-electron chi connectivity index (χ3n) is 3.58. The number of hydrogen-bond donors (Lipinski definition) is 1. The molecule has 0 aromatic rings. The maximum atomic E-state index is 12.1. The van der Waals surface area contributed by atoms with E-state index in [1.54, 1.807) is 6.92 Å². The number of nitrogens with one attached hydrogen (secondary N) is 1. The molecule has 1 atom stereocenters. The minimum Gasteiger partial charge on any atom is -0.379 e. The van der Waals surface area contributed by atoms with Crippen molar-refractivity contribution in [3.8, 4) is 0 Å². The van der Waals surface area contributed by atoms with Crippen LogP contribution in [0.2, 0.25) is 0 Å². The van der Waals surface area contributed by atoms with E-state index in [0.717, 1.165) is 19.3 Å². The van der Waals surface area contributed by atoms with E-state index in [4.69, 9.17) is 4.74 Å². The van der Waals surface area contributed by atoms with E-state index in [1.165, 1.54) is 4.31 Å². The van der Waals surface area contributed by atoms with Crippen LogP contribution >= 0.6 is 0 Å². The summed E-state index contributed by atoms with van der Waals surface area (Å²) in [6.07, 6.45) is 2.47. The zero-order valence-corrected chi connectivity index (χ0v) is 14.1. The molecule has 1 amide bonds. The van der Waals surface area contributed by atoms with Gasteiger partial charge in [-0.05, 0) is 40.0 Å². The van der Waals surface area contributed by atoms with Crippen molar-refractivity contribution >= 4 is 15.9 Å². The lowest BCUT2D eigenvalue weighted by molar-refractivity contribution is -0.126. The Labute approximate surface area is 128 Å². The van der Waals surface area contributed by atoms with Crippen LogP contribution in [0.25, 0.3) is 0 Å². The van der Waals surface area contributed by atoms with Gasteiger partial charge in [-0.1, -0.05) is 0 Å². The van der Waals surface area contributed by atoms with Gasteiger partial charge in [0.1, 0.15) is 0 Å². The smallest absolute Gasteiger partial charge is 0.224 e. The van der Waals surface area contributed by atoms with Gasteiger partial charge < -0.3 is 10.1 Å². The van der Waals surface area contributed by atoms with Gasteiger partial charge in [-0.3, -0.25) is 4.79 Å². The zero-order chi connectivity index (χ0) is 15.9. The molecule has 6 nitrogen and oxygen atoms in total. The molecule has 0 aromatic heterocycles. The maximum absolute atomic E-state index is 12.1. The number of carbonyl (C=O) groups is 1. The summed E-state index contributed by atoms with van der Waals surface area (Å²) < 4.78 is 30.6. The minimum atomic E-state index is -3.19. The van der Waals surface area contributed by atoms with Crippen LogP contribution in [0, 0.1) is 5.92 Å². The quantitative estimate of drug-likeness (QED) is 0.677. The van der Waals surface area contributed by atoms with Crippen molar-refractivity contribution in [2.24, 2.45) is 5.92 Å². The molecule has 1 aliphatic heterocycles. The van der Waals surface area contributed by atoms with Crippen LogP contribution in [0.3, 0.4) is 0 Å². The van der Waals surface area contributed by atoms with Crippen LogP contribution in [0.5, 0.6) is 0 Å². The molecule has 1 rings (SSSR count). The molecule has 0 radical (unpaired) electrons. The van der Waals surface area contributed by atoms with Crippen LogP contribution in [0.1, 0.15) is 40.0 Å². The van der Waals surface area contributed by atoms with Crippen molar-refractivity contribution in [2.45, 2.75) is 46.1 Å². The van der Waals surface area contributed by atoms with Crippen molar-refractivity contribution in [3.63, 3.8) is 0 Å². The second-order valence-corrected chi connectivity index (χ2v) is 7.92. The van der Waals surface area contributed by atoms with Crippen molar-refractivity contribution in [2.75, 3.05) is 32.0 Å². The Morgan fingerprint density at radius 1 is 1.43 bits per heavy atom. The molecule has 0 unspecified atom stereocenters. The Morgan fingerprint density at radius 2 is 2.14 bits per heavy atom. The molecule has 1 N–H and O–H groups in total. The molecular formula is C14H28N2O4S. The first-order valence-electron chi connectivity index (χ1n) is 7.74. The average Bonchev–Trinajstić information content (AvgIpc) is 2.46. The average molecular weight is 320 g/mol. The molecule has 1 heterocycles. The summed E-state index contributed by atoms with van der Waals surface area (Å²) in [7, 11) is -3.19. The molecule has 21 heavy (non-hydrogen) atoms. The van der Waals surface area contributed by atoms with Gasteiger partial charge in [0, 0.05) is 26.2 Å². The third-order valence-corrected chi connectivity index (χ3v) is 5.43. The number of hydrogen-bond acceptors (Lipinski definition) is 4. The topological polar surface area (TPSA) is 75.7 Å². The van der Waals surface area contributed by atoms with Crippen LogP contribution in [-0.2, 0) is 19.6 Å². The van der Waals surface area contributed by atoms with E-state index in [9.17, 15) is 13.2 Å². The van der Waals surface area contributed by atoms with E-state index in [0.29, 0.717) is 26.2 Å². The second kappa shape index (κ2) is 8.70. The SMILES string of the molecule is CCS(=O)(=O)N1CCC[C@@H](C(=O)NCCCOC(C)C)C1. The largest absolute Gasteiger partial charge is 0.379 e. The van der Waals surface area contributed by atoms with Crippen molar-refractivity contribution in [1.29, 1.82) is 0 Å². The van der Waals surface area contributed by atoms with Gasteiger partial charge in [-0.25, -0.2) is 12.7 Å². The first-order chi connectivity index (χ1) is 9.86. The van der Waals surface area contributed by atoms with Gasteiger partial charge in [0.15, 0.2) is 0 Å². The van der Waals surface area contributed by atoms with Crippen LogP contribution < -0.4 is 5.32 Å². The summed E-state index contributed by atoms with van der Waals surface area (Å²) in [5.74, 6) is -0.185. The predicted octanol–water partition coefficient (Wildman–Crippen LogP) is 0.979. The first kappa shape index (κ1) is 18.4. The van der Waals surface area contributed by atoms with Gasteiger partial charge in [-0.2, -0.15) is 0 Å². The number of amides is 1. The fraction of sp³-hybridized carbons (Fsp3) is 0.929. The summed E-state index contributed by atoms with van der Waals surface area (Å²) in [6.45, 7) is 7.62. The highest BCUT2D eigenvalue weighted by atomic mass is 32.2. The molecule has 0 aromatic carbocycles. The first-order valence-corrected chi connectivity index (χ1v) is 9.35. The van der Waals surface area contributed by atoms with Crippen molar-refractivity contribution in [1.82, 2.24) is 9.62 Å². The Bertz CT molecular complexity index is 423. The van der Waals surface area contributed by atoms with Crippen LogP contribution in [0.15, 0.2) is 0 Å². The van der Waals surface area contributed by atoms with Gasteiger partial charge in [-0.15, -0.1) is 0 Å². The summed E-state index contributed by atoms with van der Waals surface area (Å²) in [4.78, 5) is 12.1. The second-order valence-electron chi connectivity index (χ2n) is 5.66. The summed E-state index contributed by atoms with van der Waals surface area (Å²) in [5, 5.41) is 2.88. The van der Waals surface area contributed by atoms with E-state index >= 15 is 0 Å². The fourth-order valence-corrected chi connectivity index (χ4v) is 3.52. The third kappa shape index (κ3) is 6.32. The molecule has 1 aliphatic rings. The number of rotatable bonds is 8. The van der Waals surface area contributed by atoms with Crippen LogP contribution in [0.4, 0.5) is 0 Å². The minimum absolute atomic E-state index is 0.0458. The molecule has 0 bridgehead atoms. The Morgan fingerprint density at radius 3 is 2.76 bits per heavy atom. The lowest BCUT2D eigenvalue weighted by Gasteiger charge is -2.30. The molecule has 7 heteroatoms. The summed E-state index contributed by atoms with van der Waals surface area (Å²) >= 11 is 0. The number of carbonyl (C=O) groups excluding carboxylic acids is 1. The van der Waals surface area contributed by atoms with Gasteiger partial charge >= 0.3 is 0 Å².